The molecule has 0 atom stereocenters. The van der Waals surface area contributed by atoms with Crippen LogP contribution in [0.3, 0.4) is 0 Å². The molecule has 0 spiro atoms. The Labute approximate surface area is 161 Å². The number of nitrogens with zero attached hydrogens (tertiary/aromatic N) is 2. The minimum absolute atomic E-state index is 0.0352. The molecular formula is C21H20FN3O3. The molecule has 0 amide bonds. The number of benzene rings is 2. The second-order valence-electron chi connectivity index (χ2n) is 7.04. The lowest BCUT2D eigenvalue weighted by atomic mass is 9.74. The third kappa shape index (κ3) is 3.41. The van der Waals surface area contributed by atoms with Crippen LogP contribution in [0.2, 0.25) is 0 Å². The van der Waals surface area contributed by atoms with E-state index in [0.717, 1.165) is 24.1 Å². The molecule has 0 radical (unpaired) electrons. The van der Waals surface area contributed by atoms with E-state index in [4.69, 9.17) is 4.74 Å². The molecule has 0 saturated carbocycles. The van der Waals surface area contributed by atoms with E-state index in [1.165, 1.54) is 18.2 Å². The molecule has 4 rings (SSSR count). The Morgan fingerprint density at radius 3 is 2.61 bits per heavy atom. The molecule has 2 heterocycles. The smallest absolute Gasteiger partial charge is 0.278 e. The van der Waals surface area contributed by atoms with Gasteiger partial charge in [-0.1, -0.05) is 12.1 Å². The number of non-ortho nitro benzene ring substituents is 1. The zero-order chi connectivity index (χ0) is 19.6. The maximum absolute atomic E-state index is 13.4. The van der Waals surface area contributed by atoms with Gasteiger partial charge >= 0.3 is 0 Å². The first kappa shape index (κ1) is 18.3. The molecule has 1 saturated heterocycles. The molecule has 0 aliphatic carbocycles. The summed E-state index contributed by atoms with van der Waals surface area (Å²) >= 11 is 0. The third-order valence-corrected chi connectivity index (χ3v) is 5.47. The molecule has 3 aromatic rings. The normalized spacial score (nSPS) is 16.0. The molecule has 1 aromatic heterocycles. The number of pyridine rings is 1. The number of hydrogen-bond acceptors (Lipinski definition) is 5. The number of fused-ring (bicyclic) bond motifs is 1. The number of nitro benzene ring substituents is 1. The second-order valence-corrected chi connectivity index (χ2v) is 7.04. The molecule has 2 aromatic carbocycles. The zero-order valence-electron chi connectivity index (χ0n) is 15.2. The summed E-state index contributed by atoms with van der Waals surface area (Å²) in [6.07, 6.45) is 3.25. The van der Waals surface area contributed by atoms with Gasteiger partial charge in [0.15, 0.2) is 0 Å². The summed E-state index contributed by atoms with van der Waals surface area (Å²) in [4.78, 5) is 15.3. The highest BCUT2D eigenvalue weighted by Crippen LogP contribution is 2.36. The number of ether oxygens (including phenoxy) is 1. The average Bonchev–Trinajstić information content (AvgIpc) is 2.73. The minimum atomic E-state index is -0.397. The first-order valence-corrected chi connectivity index (χ1v) is 9.19. The number of nitrogens with one attached hydrogen (secondary N) is 1. The average molecular weight is 381 g/mol. The van der Waals surface area contributed by atoms with Gasteiger partial charge in [-0.3, -0.25) is 15.1 Å². The van der Waals surface area contributed by atoms with Crippen molar-refractivity contribution in [2.24, 2.45) is 0 Å². The van der Waals surface area contributed by atoms with Crippen molar-refractivity contribution in [2.45, 2.75) is 18.3 Å². The van der Waals surface area contributed by atoms with Crippen molar-refractivity contribution in [2.75, 3.05) is 25.1 Å². The van der Waals surface area contributed by atoms with E-state index in [-0.39, 0.29) is 16.9 Å². The van der Waals surface area contributed by atoms with Crippen molar-refractivity contribution in [3.63, 3.8) is 0 Å². The summed E-state index contributed by atoms with van der Waals surface area (Å²) in [6.45, 7) is 1.88. The largest absolute Gasteiger partial charge is 0.382 e. The molecule has 144 valence electrons. The van der Waals surface area contributed by atoms with Crippen molar-refractivity contribution in [1.82, 2.24) is 4.98 Å². The van der Waals surface area contributed by atoms with Gasteiger partial charge in [0.05, 0.1) is 16.0 Å². The lowest BCUT2D eigenvalue weighted by Crippen LogP contribution is -2.40. The fraction of sp³-hybridized carbons (Fsp3) is 0.286. The molecule has 7 heteroatoms. The van der Waals surface area contributed by atoms with Gasteiger partial charge in [0.25, 0.3) is 5.69 Å². The van der Waals surface area contributed by atoms with Crippen LogP contribution in [0.1, 0.15) is 18.4 Å². The Kier molecular flexibility index (Phi) is 4.92. The fourth-order valence-electron chi connectivity index (χ4n) is 3.86. The van der Waals surface area contributed by atoms with E-state index >= 15 is 0 Å². The Morgan fingerprint density at radius 2 is 1.89 bits per heavy atom. The molecule has 0 unspecified atom stereocenters. The molecular weight excluding hydrogens is 361 g/mol. The fourth-order valence-corrected chi connectivity index (χ4v) is 3.86. The highest BCUT2D eigenvalue weighted by molar-refractivity contribution is 5.96. The van der Waals surface area contributed by atoms with E-state index in [1.54, 1.807) is 24.4 Å². The third-order valence-electron chi connectivity index (χ3n) is 5.47. The quantitative estimate of drug-likeness (QED) is 0.522. The van der Waals surface area contributed by atoms with E-state index in [1.807, 2.05) is 12.1 Å². The Balaban J connectivity index is 1.67. The second kappa shape index (κ2) is 7.52. The highest BCUT2D eigenvalue weighted by atomic mass is 19.1. The van der Waals surface area contributed by atoms with Crippen molar-refractivity contribution in [1.29, 1.82) is 0 Å². The van der Waals surface area contributed by atoms with Gasteiger partial charge in [-0.2, -0.15) is 0 Å². The predicted octanol–water partition coefficient (Wildman–Crippen LogP) is 4.44. The number of anilines is 1. The summed E-state index contributed by atoms with van der Waals surface area (Å²) in [5.74, 6) is -0.260. The van der Waals surface area contributed by atoms with Crippen molar-refractivity contribution in [3.8, 4) is 0 Å². The van der Waals surface area contributed by atoms with Gasteiger partial charge in [0, 0.05) is 37.4 Å². The standard InChI is InChI=1S/C21H20FN3O3/c22-16-5-3-15(4-6-16)21(9-12-28-13-10-21)14-24-18-7-8-19(25(26)27)17-2-1-11-23-20(17)18/h1-8,11,24H,9-10,12-14H2. The van der Waals surface area contributed by atoms with E-state index in [2.05, 4.69) is 10.3 Å². The van der Waals surface area contributed by atoms with E-state index in [9.17, 15) is 14.5 Å². The van der Waals surface area contributed by atoms with Crippen LogP contribution in [-0.2, 0) is 10.2 Å². The number of aromatic nitrogens is 1. The maximum Gasteiger partial charge on any atom is 0.278 e. The summed E-state index contributed by atoms with van der Waals surface area (Å²) in [7, 11) is 0. The van der Waals surface area contributed by atoms with E-state index in [0.29, 0.717) is 30.7 Å². The van der Waals surface area contributed by atoms with Gasteiger partial charge in [-0.15, -0.1) is 0 Å². The van der Waals surface area contributed by atoms with Crippen molar-refractivity contribution in [3.05, 3.63) is 76.2 Å². The lowest BCUT2D eigenvalue weighted by molar-refractivity contribution is -0.383. The van der Waals surface area contributed by atoms with Gasteiger partial charge in [-0.05, 0) is 48.7 Å². The monoisotopic (exact) mass is 381 g/mol. The SMILES string of the molecule is O=[N+]([O-])c1ccc(NCC2(c3ccc(F)cc3)CCOCC2)c2ncccc12. The summed E-state index contributed by atoms with van der Waals surface area (Å²) < 4.78 is 18.9. The Hall–Kier alpha value is -3.06. The molecule has 6 nitrogen and oxygen atoms in total. The van der Waals surface area contributed by atoms with Crippen LogP contribution in [0, 0.1) is 15.9 Å². The van der Waals surface area contributed by atoms with Gasteiger partial charge in [0.2, 0.25) is 0 Å². The first-order valence-electron chi connectivity index (χ1n) is 9.19. The van der Waals surface area contributed by atoms with Gasteiger partial charge < -0.3 is 10.1 Å². The highest BCUT2D eigenvalue weighted by Gasteiger charge is 2.34. The van der Waals surface area contributed by atoms with Crippen LogP contribution in [0.4, 0.5) is 15.8 Å². The predicted molar refractivity (Wildman–Crippen MR) is 105 cm³/mol. The van der Waals surface area contributed by atoms with Crippen LogP contribution in [0.25, 0.3) is 10.9 Å². The molecule has 1 aliphatic heterocycles. The van der Waals surface area contributed by atoms with E-state index < -0.39 is 4.92 Å². The van der Waals surface area contributed by atoms with Crippen LogP contribution in [0.5, 0.6) is 0 Å². The van der Waals surface area contributed by atoms with Crippen LogP contribution in [-0.4, -0.2) is 29.7 Å². The molecule has 28 heavy (non-hydrogen) atoms. The van der Waals surface area contributed by atoms with Crippen molar-refractivity contribution < 1.29 is 14.1 Å². The summed E-state index contributed by atoms with van der Waals surface area (Å²) in [6, 6.07) is 13.2. The van der Waals surface area contributed by atoms with Crippen LogP contribution < -0.4 is 5.32 Å². The Bertz CT molecular complexity index is 1000. The zero-order valence-corrected chi connectivity index (χ0v) is 15.2. The molecule has 1 fully saturated rings. The van der Waals surface area contributed by atoms with Gasteiger partial charge in [0.1, 0.15) is 11.3 Å². The molecule has 1 aliphatic rings. The first-order chi connectivity index (χ1) is 13.6. The van der Waals surface area contributed by atoms with Gasteiger partial charge in [-0.25, -0.2) is 4.39 Å². The number of rotatable bonds is 5. The molecule has 1 N–H and O–H groups in total. The number of halogens is 1. The van der Waals surface area contributed by atoms with Crippen LogP contribution >= 0.6 is 0 Å². The minimum Gasteiger partial charge on any atom is -0.382 e. The topological polar surface area (TPSA) is 77.3 Å². The van der Waals surface area contributed by atoms with Crippen LogP contribution in [0.15, 0.2) is 54.7 Å². The maximum atomic E-state index is 13.4. The lowest BCUT2D eigenvalue weighted by Gasteiger charge is -2.38. The summed E-state index contributed by atoms with van der Waals surface area (Å²) in [5, 5.41) is 15.3. The Morgan fingerprint density at radius 1 is 1.14 bits per heavy atom. The van der Waals surface area contributed by atoms with Crippen molar-refractivity contribution >= 4 is 22.3 Å². The number of hydrogen-bond donors (Lipinski definition) is 1. The molecule has 0 bridgehead atoms. The summed E-state index contributed by atoms with van der Waals surface area (Å²) in [5.41, 5.74) is 2.21. The number of nitro groups is 1.